The maximum absolute atomic E-state index is 12.1. The zero-order chi connectivity index (χ0) is 11.6. The molecule has 0 saturated carbocycles. The molecule has 1 aromatic carbocycles. The summed E-state index contributed by atoms with van der Waals surface area (Å²) in [6, 6.07) is 3.93. The number of nitrogens with two attached hydrogens (primary N) is 1. The van der Waals surface area contributed by atoms with E-state index in [1.54, 1.807) is 18.2 Å². The van der Waals surface area contributed by atoms with Gasteiger partial charge >= 0.3 is 6.18 Å². The summed E-state index contributed by atoms with van der Waals surface area (Å²) in [7, 11) is 0. The van der Waals surface area contributed by atoms with Gasteiger partial charge in [0.25, 0.3) is 0 Å². The van der Waals surface area contributed by atoms with Crippen molar-refractivity contribution in [3.63, 3.8) is 0 Å². The van der Waals surface area contributed by atoms with E-state index in [2.05, 4.69) is 31.9 Å². The van der Waals surface area contributed by atoms with Crippen molar-refractivity contribution in [1.29, 1.82) is 0 Å². The molecule has 1 atom stereocenters. The Morgan fingerprint density at radius 2 is 1.81 bits per heavy atom. The number of hydrogen-bond donors (Lipinski definition) is 1. The van der Waals surface area contributed by atoms with Crippen LogP contribution in [-0.4, -0.2) is 6.18 Å². The Balaban J connectivity index is 0.00000225. The highest BCUT2D eigenvalue weighted by Crippen LogP contribution is 2.32. The van der Waals surface area contributed by atoms with E-state index in [1.165, 1.54) is 0 Å². The lowest BCUT2D eigenvalue weighted by atomic mass is 10.0. The summed E-state index contributed by atoms with van der Waals surface area (Å²) >= 11 is 6.36. The molecule has 0 heterocycles. The Labute approximate surface area is 114 Å². The van der Waals surface area contributed by atoms with Gasteiger partial charge in [0.15, 0.2) is 0 Å². The second kappa shape index (κ2) is 6.23. The van der Waals surface area contributed by atoms with E-state index in [9.17, 15) is 13.2 Å². The molecular weight excluding hydrogens is 374 g/mol. The Hall–Kier alpha value is 0.220. The van der Waals surface area contributed by atoms with E-state index in [4.69, 9.17) is 5.73 Å². The SMILES string of the molecule is Cl.N[C@H](CC(F)(F)F)c1cc(Br)ccc1Br. The van der Waals surface area contributed by atoms with Crippen LogP contribution in [0.1, 0.15) is 18.0 Å². The molecule has 0 aliphatic carbocycles. The van der Waals surface area contributed by atoms with E-state index in [0.29, 0.717) is 14.5 Å². The van der Waals surface area contributed by atoms with Crippen molar-refractivity contribution in [2.24, 2.45) is 5.73 Å². The van der Waals surface area contributed by atoms with Crippen LogP contribution < -0.4 is 5.73 Å². The third-order valence-electron chi connectivity index (χ3n) is 1.81. The number of rotatable bonds is 2. The minimum Gasteiger partial charge on any atom is -0.324 e. The Morgan fingerprint density at radius 3 is 2.31 bits per heavy atom. The maximum Gasteiger partial charge on any atom is 0.390 e. The topological polar surface area (TPSA) is 26.0 Å². The first-order valence-electron chi connectivity index (χ1n) is 4.07. The third kappa shape index (κ3) is 5.03. The molecule has 0 saturated heterocycles. The van der Waals surface area contributed by atoms with Crippen LogP contribution in [0.2, 0.25) is 0 Å². The van der Waals surface area contributed by atoms with E-state index in [1.807, 2.05) is 0 Å². The van der Waals surface area contributed by atoms with E-state index in [-0.39, 0.29) is 12.4 Å². The highest BCUT2D eigenvalue weighted by Gasteiger charge is 2.31. The number of halogens is 6. The zero-order valence-corrected chi connectivity index (χ0v) is 11.9. The molecule has 1 aromatic rings. The van der Waals surface area contributed by atoms with Crippen LogP contribution in [0, 0.1) is 0 Å². The van der Waals surface area contributed by atoms with Gasteiger partial charge in [-0.1, -0.05) is 31.9 Å². The second-order valence-electron chi connectivity index (χ2n) is 3.09. The van der Waals surface area contributed by atoms with Gasteiger partial charge in [-0.25, -0.2) is 0 Å². The van der Waals surface area contributed by atoms with E-state index >= 15 is 0 Å². The van der Waals surface area contributed by atoms with E-state index in [0.717, 1.165) is 0 Å². The average molecular weight is 383 g/mol. The van der Waals surface area contributed by atoms with Gasteiger partial charge in [0.1, 0.15) is 0 Å². The lowest BCUT2D eigenvalue weighted by Crippen LogP contribution is -2.20. The van der Waals surface area contributed by atoms with Crippen LogP contribution in [0.5, 0.6) is 0 Å². The second-order valence-corrected chi connectivity index (χ2v) is 4.86. The summed E-state index contributed by atoms with van der Waals surface area (Å²) in [5.41, 5.74) is 5.93. The summed E-state index contributed by atoms with van der Waals surface area (Å²) in [5, 5.41) is 0. The highest BCUT2D eigenvalue weighted by atomic mass is 79.9. The van der Waals surface area contributed by atoms with Gasteiger partial charge in [-0.2, -0.15) is 13.2 Å². The monoisotopic (exact) mass is 381 g/mol. The molecular formula is C9H9Br2ClF3N. The van der Waals surface area contributed by atoms with Crippen LogP contribution in [0.4, 0.5) is 13.2 Å². The number of hydrogen-bond acceptors (Lipinski definition) is 1. The maximum atomic E-state index is 12.1. The van der Waals surface area contributed by atoms with Gasteiger partial charge in [-0.3, -0.25) is 0 Å². The molecule has 92 valence electrons. The van der Waals surface area contributed by atoms with Gasteiger partial charge in [0.2, 0.25) is 0 Å². The molecule has 0 fully saturated rings. The zero-order valence-electron chi connectivity index (χ0n) is 7.89. The summed E-state index contributed by atoms with van der Waals surface area (Å²) in [6.07, 6.45) is -5.27. The quantitative estimate of drug-likeness (QED) is 0.795. The van der Waals surface area contributed by atoms with Crippen LogP contribution in [0.15, 0.2) is 27.1 Å². The molecule has 0 aliphatic rings. The van der Waals surface area contributed by atoms with E-state index < -0.39 is 18.6 Å². The Morgan fingerprint density at radius 1 is 1.25 bits per heavy atom. The fourth-order valence-corrected chi connectivity index (χ4v) is 2.08. The predicted molar refractivity (Wildman–Crippen MR) is 66.7 cm³/mol. The molecule has 2 N–H and O–H groups in total. The highest BCUT2D eigenvalue weighted by molar-refractivity contribution is 9.11. The van der Waals surface area contributed by atoms with Gasteiger partial charge in [-0.05, 0) is 23.8 Å². The molecule has 1 rings (SSSR count). The molecule has 0 radical (unpaired) electrons. The Bertz CT molecular complexity index is 357. The van der Waals surface area contributed by atoms with Crippen LogP contribution >= 0.6 is 44.3 Å². The predicted octanol–water partition coefficient (Wildman–Crippen LogP) is 4.59. The van der Waals surface area contributed by atoms with Crippen molar-refractivity contribution < 1.29 is 13.2 Å². The van der Waals surface area contributed by atoms with Crippen molar-refractivity contribution in [2.75, 3.05) is 0 Å². The minimum absolute atomic E-state index is 0. The molecule has 0 amide bonds. The summed E-state index contributed by atoms with van der Waals surface area (Å²) in [4.78, 5) is 0. The molecule has 7 heteroatoms. The molecule has 1 nitrogen and oxygen atoms in total. The first-order valence-corrected chi connectivity index (χ1v) is 5.65. The average Bonchev–Trinajstić information content (AvgIpc) is 2.06. The van der Waals surface area contributed by atoms with Gasteiger partial charge in [0, 0.05) is 15.0 Å². The summed E-state index contributed by atoms with van der Waals surface area (Å²) < 4.78 is 37.6. The smallest absolute Gasteiger partial charge is 0.324 e. The number of alkyl halides is 3. The van der Waals surface area contributed by atoms with Crippen LogP contribution in [0.3, 0.4) is 0 Å². The van der Waals surface area contributed by atoms with Gasteiger partial charge < -0.3 is 5.73 Å². The van der Waals surface area contributed by atoms with Gasteiger partial charge in [-0.15, -0.1) is 12.4 Å². The largest absolute Gasteiger partial charge is 0.390 e. The summed E-state index contributed by atoms with van der Waals surface area (Å²) in [5.74, 6) is 0. The fraction of sp³-hybridized carbons (Fsp3) is 0.333. The standard InChI is InChI=1S/C9H8Br2F3N.ClH/c10-5-1-2-7(11)6(3-5)8(15)4-9(12,13)14;/h1-3,8H,4,15H2;1H/t8-;/m1./s1. The molecule has 0 aromatic heterocycles. The van der Waals surface area contributed by atoms with Crippen molar-refractivity contribution in [3.8, 4) is 0 Å². The first kappa shape index (κ1) is 16.2. The first-order chi connectivity index (χ1) is 6.79. The van der Waals surface area contributed by atoms with Crippen LogP contribution in [-0.2, 0) is 0 Å². The third-order valence-corrected chi connectivity index (χ3v) is 3.02. The van der Waals surface area contributed by atoms with Crippen molar-refractivity contribution in [2.45, 2.75) is 18.6 Å². The molecule has 0 unspecified atom stereocenters. The Kier molecular flexibility index (Phi) is 6.32. The molecule has 0 aliphatic heterocycles. The summed E-state index contributed by atoms with van der Waals surface area (Å²) in [6.45, 7) is 0. The lowest BCUT2D eigenvalue weighted by molar-refractivity contribution is -0.138. The fourth-order valence-electron chi connectivity index (χ4n) is 1.16. The lowest BCUT2D eigenvalue weighted by Gasteiger charge is -2.16. The van der Waals surface area contributed by atoms with Crippen molar-refractivity contribution in [1.82, 2.24) is 0 Å². The van der Waals surface area contributed by atoms with Crippen molar-refractivity contribution >= 4 is 44.3 Å². The minimum atomic E-state index is -4.25. The molecule has 0 bridgehead atoms. The van der Waals surface area contributed by atoms with Gasteiger partial charge in [0.05, 0.1) is 6.42 Å². The van der Waals surface area contributed by atoms with Crippen LogP contribution in [0.25, 0.3) is 0 Å². The number of benzene rings is 1. The normalized spacial score (nSPS) is 13.1. The van der Waals surface area contributed by atoms with Crippen molar-refractivity contribution in [3.05, 3.63) is 32.7 Å². The molecule has 0 spiro atoms. The molecule has 16 heavy (non-hydrogen) atoms.